The molecule has 0 bridgehead atoms. The van der Waals surface area contributed by atoms with Gasteiger partial charge in [0.1, 0.15) is 23.5 Å². The highest BCUT2D eigenvalue weighted by molar-refractivity contribution is 6.11. The number of nitrogens with two attached hydrogens (primary N) is 1. The number of alkyl halides is 4. The van der Waals surface area contributed by atoms with E-state index in [9.17, 15) is 18.3 Å². The number of halogens is 4. The lowest BCUT2D eigenvalue weighted by Crippen LogP contribution is -2.35. The van der Waals surface area contributed by atoms with E-state index in [0.29, 0.717) is 16.8 Å². The number of phenolic OH excluding ortho intramolecular Hbond substituents is 1. The van der Waals surface area contributed by atoms with Crippen LogP contribution in [0, 0.1) is 20.8 Å². The molecular weight excluding hydrogens is 414 g/mol. The van der Waals surface area contributed by atoms with Gasteiger partial charge in [-0.2, -0.15) is 13.2 Å². The van der Waals surface area contributed by atoms with Crippen LogP contribution in [0.1, 0.15) is 33.3 Å². The number of aryl methyl sites for hydroxylation is 2. The molecule has 3 aromatic heterocycles. The Balaban J connectivity index is 2.23. The number of hydrogen-bond acceptors (Lipinski definition) is 5. The number of nitrogens with zero attached hydrogens (tertiary/aromatic N) is 4. The van der Waals surface area contributed by atoms with Gasteiger partial charge in [0.25, 0.3) is 0 Å². The molecule has 0 aliphatic rings. The van der Waals surface area contributed by atoms with Gasteiger partial charge in [0, 0.05) is 26.3 Å². The van der Waals surface area contributed by atoms with E-state index in [4.69, 9.17) is 9.85 Å². The first-order valence-corrected chi connectivity index (χ1v) is 9.09. The van der Waals surface area contributed by atoms with Gasteiger partial charge in [0.05, 0.1) is 11.1 Å². The largest absolute Gasteiger partial charge is 0.508 e. The number of nitrogen functional groups attached to an aromatic ring is 1. The van der Waals surface area contributed by atoms with Crippen LogP contribution < -0.4 is 5.73 Å². The van der Waals surface area contributed by atoms with Crippen molar-refractivity contribution < 1.29 is 26.8 Å². The summed E-state index contributed by atoms with van der Waals surface area (Å²) < 4.78 is 80.5. The molecule has 6 nitrogen and oxygen atoms in total. The highest BCUT2D eigenvalue weighted by Crippen LogP contribution is 2.45. The van der Waals surface area contributed by atoms with Crippen LogP contribution >= 0.6 is 0 Å². The van der Waals surface area contributed by atoms with Gasteiger partial charge in [-0.1, -0.05) is 6.07 Å². The van der Waals surface area contributed by atoms with Crippen LogP contribution in [0.4, 0.5) is 23.4 Å². The smallest absolute Gasteiger partial charge is 0.426 e. The molecule has 0 amide bonds. The van der Waals surface area contributed by atoms with Gasteiger partial charge in [-0.15, -0.1) is 0 Å². The maximum atomic E-state index is 15.5. The molecule has 1 atom stereocenters. The van der Waals surface area contributed by atoms with E-state index in [1.54, 1.807) is 19.9 Å². The fraction of sp³-hybridized carbons (Fsp3) is 0.286. The van der Waals surface area contributed by atoms with Gasteiger partial charge in [0.15, 0.2) is 5.65 Å². The normalized spacial score (nSPS) is 16.2. The molecule has 0 aliphatic heterocycles. The first-order chi connectivity index (χ1) is 15.6. The summed E-state index contributed by atoms with van der Waals surface area (Å²) >= 11 is 0. The molecule has 162 valence electrons. The van der Waals surface area contributed by atoms with E-state index in [2.05, 4.69) is 15.0 Å². The molecule has 0 saturated heterocycles. The maximum Gasteiger partial charge on any atom is 0.426 e. The van der Waals surface area contributed by atoms with E-state index in [0.717, 1.165) is 19.3 Å². The molecule has 10 heteroatoms. The summed E-state index contributed by atoms with van der Waals surface area (Å²) in [5, 5.41) is 10.3. The minimum Gasteiger partial charge on any atom is -0.508 e. The lowest BCUT2D eigenvalue weighted by molar-refractivity contribution is -0.229. The number of aromatic hydroxyl groups is 1. The third-order valence-corrected chi connectivity index (χ3v) is 5.33. The van der Waals surface area contributed by atoms with Gasteiger partial charge < -0.3 is 10.8 Å². The Morgan fingerprint density at radius 1 is 1.10 bits per heavy atom. The van der Waals surface area contributed by atoms with Crippen LogP contribution in [0.3, 0.4) is 0 Å². The second-order valence-corrected chi connectivity index (χ2v) is 7.32. The summed E-state index contributed by atoms with van der Waals surface area (Å²) in [7, 11) is 0. The average molecular weight is 436 g/mol. The second kappa shape index (κ2) is 6.53. The zero-order chi connectivity index (χ0) is 25.4. The molecule has 4 aromatic rings. The van der Waals surface area contributed by atoms with Gasteiger partial charge in [-0.05, 0) is 45.3 Å². The standard InChI is InChI=1S/C21H19F4N5O/c1-9-5-6-14(31)10(2)16(9)30-18-12(15-17(26)27-8-28-19(15)30)7-13(11(3)29-18)20(4,22)21(23,24)25/h5-8,31H,1-4H3,(H2,26,27,28)/i4D3. The Morgan fingerprint density at radius 3 is 2.45 bits per heavy atom. The molecule has 0 spiro atoms. The topological polar surface area (TPSA) is 89.8 Å². The van der Waals surface area contributed by atoms with Crippen molar-refractivity contribution in [1.82, 2.24) is 19.5 Å². The third-order valence-electron chi connectivity index (χ3n) is 5.33. The quantitative estimate of drug-likeness (QED) is 0.435. The van der Waals surface area contributed by atoms with Crippen LogP contribution in [-0.4, -0.2) is 30.8 Å². The van der Waals surface area contributed by atoms with E-state index >= 15 is 4.39 Å². The third kappa shape index (κ3) is 2.88. The van der Waals surface area contributed by atoms with Crippen molar-refractivity contribution in [3.8, 4) is 11.4 Å². The van der Waals surface area contributed by atoms with Crippen molar-refractivity contribution in [3.05, 3.63) is 46.9 Å². The summed E-state index contributed by atoms with van der Waals surface area (Å²) in [6, 6.07) is 3.91. The molecule has 0 aliphatic carbocycles. The molecular formula is C21H19F4N5O. The molecule has 1 aromatic carbocycles. The lowest BCUT2D eigenvalue weighted by Gasteiger charge is -2.25. The number of pyridine rings is 1. The number of hydrogen-bond donors (Lipinski definition) is 2. The van der Waals surface area contributed by atoms with Gasteiger partial charge in [0.2, 0.25) is 5.67 Å². The van der Waals surface area contributed by atoms with Crippen LogP contribution in [0.2, 0.25) is 0 Å². The van der Waals surface area contributed by atoms with Crippen LogP contribution in [0.5, 0.6) is 5.75 Å². The number of aromatic nitrogens is 4. The highest BCUT2D eigenvalue weighted by Gasteiger charge is 2.54. The first-order valence-electron chi connectivity index (χ1n) is 10.6. The Bertz CT molecular complexity index is 1450. The molecule has 31 heavy (non-hydrogen) atoms. The summed E-state index contributed by atoms with van der Waals surface area (Å²) in [6.07, 6.45) is -4.61. The van der Waals surface area contributed by atoms with Crippen molar-refractivity contribution in [2.75, 3.05) is 5.73 Å². The maximum absolute atomic E-state index is 15.5. The number of benzene rings is 1. The fourth-order valence-corrected chi connectivity index (χ4v) is 3.75. The van der Waals surface area contributed by atoms with Crippen molar-refractivity contribution >= 4 is 27.9 Å². The average Bonchev–Trinajstić information content (AvgIpc) is 3.03. The van der Waals surface area contributed by atoms with Crippen molar-refractivity contribution in [3.63, 3.8) is 0 Å². The molecule has 4 rings (SSSR count). The predicted molar refractivity (Wildman–Crippen MR) is 109 cm³/mol. The highest BCUT2D eigenvalue weighted by atomic mass is 19.4. The zero-order valence-corrected chi connectivity index (χ0v) is 16.6. The Hall–Kier alpha value is -3.43. The molecule has 3 N–H and O–H groups in total. The van der Waals surface area contributed by atoms with Crippen LogP contribution in [0.25, 0.3) is 27.8 Å². The number of anilines is 1. The Kier molecular flexibility index (Phi) is 3.64. The van der Waals surface area contributed by atoms with Crippen LogP contribution in [-0.2, 0) is 5.67 Å². The SMILES string of the molecule is [2H]C([2H])([2H])C(F)(c1cc2c3c(N)ncnc3n(-c3c(C)ccc(O)c3C)c2nc1C)C(F)(F)F. The molecule has 0 fully saturated rings. The molecule has 3 heterocycles. The fourth-order valence-electron chi connectivity index (χ4n) is 3.75. The Morgan fingerprint density at radius 2 is 1.81 bits per heavy atom. The predicted octanol–water partition coefficient (Wildman–Crippen LogP) is 4.93. The molecule has 0 radical (unpaired) electrons. The van der Waals surface area contributed by atoms with Gasteiger partial charge >= 0.3 is 6.18 Å². The molecule has 1 unspecified atom stereocenters. The minimum atomic E-state index is -5.75. The van der Waals surface area contributed by atoms with E-state index in [-0.39, 0.29) is 33.6 Å². The Labute approximate surface area is 178 Å². The number of rotatable bonds is 2. The summed E-state index contributed by atoms with van der Waals surface area (Å²) in [5.74, 6) is -0.167. The molecule has 0 saturated carbocycles. The van der Waals surface area contributed by atoms with Gasteiger partial charge in [-0.3, -0.25) is 4.57 Å². The summed E-state index contributed by atoms with van der Waals surface area (Å²) in [4.78, 5) is 12.3. The number of fused-ring (bicyclic) bond motifs is 3. The van der Waals surface area contributed by atoms with Crippen molar-refractivity contribution in [1.29, 1.82) is 0 Å². The zero-order valence-electron chi connectivity index (χ0n) is 19.6. The summed E-state index contributed by atoms with van der Waals surface area (Å²) in [6.45, 7) is 0.409. The number of phenols is 1. The lowest BCUT2D eigenvalue weighted by atomic mass is 9.95. The van der Waals surface area contributed by atoms with E-state index < -0.39 is 30.0 Å². The van der Waals surface area contributed by atoms with Gasteiger partial charge in [-0.25, -0.2) is 19.3 Å². The monoisotopic (exact) mass is 436 g/mol. The van der Waals surface area contributed by atoms with E-state index in [1.165, 1.54) is 10.6 Å². The van der Waals surface area contributed by atoms with Crippen molar-refractivity contribution in [2.45, 2.75) is 39.5 Å². The van der Waals surface area contributed by atoms with Crippen LogP contribution in [0.15, 0.2) is 24.5 Å². The first kappa shape index (κ1) is 17.3. The summed E-state index contributed by atoms with van der Waals surface area (Å²) in [5.41, 5.74) is 1.45. The van der Waals surface area contributed by atoms with Crippen molar-refractivity contribution in [2.24, 2.45) is 0 Å². The van der Waals surface area contributed by atoms with E-state index in [1.807, 2.05) is 0 Å². The second-order valence-electron chi connectivity index (χ2n) is 7.32. The minimum absolute atomic E-state index is 0.0479.